The fourth-order valence-electron chi connectivity index (χ4n) is 2.26. The van der Waals surface area contributed by atoms with Gasteiger partial charge >= 0.3 is 0 Å². The molecule has 0 aliphatic heterocycles. The SMILES string of the molecule is Cc1nc(Oc2ccc(-c3ccc(F)cc3)cc2)ccc1[N+](=O)[O-]. The first-order valence-corrected chi connectivity index (χ1v) is 7.19. The average Bonchev–Trinajstić information content (AvgIpc) is 2.56. The quantitative estimate of drug-likeness (QED) is 0.506. The predicted molar refractivity (Wildman–Crippen MR) is 87.5 cm³/mol. The number of pyridine rings is 1. The van der Waals surface area contributed by atoms with Crippen molar-refractivity contribution in [3.63, 3.8) is 0 Å². The van der Waals surface area contributed by atoms with Crippen molar-refractivity contribution in [2.75, 3.05) is 0 Å². The van der Waals surface area contributed by atoms with Crippen molar-refractivity contribution < 1.29 is 14.1 Å². The van der Waals surface area contributed by atoms with Crippen molar-refractivity contribution in [3.05, 3.63) is 82.3 Å². The van der Waals surface area contributed by atoms with Gasteiger partial charge in [0.1, 0.15) is 17.3 Å². The van der Waals surface area contributed by atoms with Gasteiger partial charge in [-0.15, -0.1) is 0 Å². The van der Waals surface area contributed by atoms with Gasteiger partial charge in [-0.05, 0) is 42.3 Å². The largest absolute Gasteiger partial charge is 0.439 e. The molecule has 0 radical (unpaired) electrons. The van der Waals surface area contributed by atoms with Crippen LogP contribution in [0.4, 0.5) is 10.1 Å². The van der Waals surface area contributed by atoms with Crippen LogP contribution in [-0.4, -0.2) is 9.91 Å². The first-order valence-electron chi connectivity index (χ1n) is 7.19. The number of nitro groups is 1. The smallest absolute Gasteiger partial charge is 0.290 e. The number of rotatable bonds is 4. The monoisotopic (exact) mass is 324 g/mol. The van der Waals surface area contributed by atoms with Crippen molar-refractivity contribution >= 4 is 5.69 Å². The third kappa shape index (κ3) is 3.38. The fraction of sp³-hybridized carbons (Fsp3) is 0.0556. The summed E-state index contributed by atoms with van der Waals surface area (Å²) >= 11 is 0. The maximum atomic E-state index is 13.0. The van der Waals surface area contributed by atoms with E-state index < -0.39 is 4.92 Å². The molecule has 3 aromatic rings. The highest BCUT2D eigenvalue weighted by molar-refractivity contribution is 5.64. The van der Waals surface area contributed by atoms with Gasteiger partial charge < -0.3 is 4.74 Å². The Labute approximate surface area is 137 Å². The second-order valence-corrected chi connectivity index (χ2v) is 5.14. The Morgan fingerprint density at radius 3 is 2.08 bits per heavy atom. The Bertz CT molecular complexity index is 878. The molecular weight excluding hydrogens is 311 g/mol. The molecule has 0 atom stereocenters. The zero-order valence-corrected chi connectivity index (χ0v) is 12.8. The van der Waals surface area contributed by atoms with Gasteiger partial charge in [-0.3, -0.25) is 10.1 Å². The van der Waals surface area contributed by atoms with Gasteiger partial charge in [0.2, 0.25) is 5.88 Å². The first-order chi connectivity index (χ1) is 11.5. The maximum absolute atomic E-state index is 13.0. The molecule has 0 unspecified atom stereocenters. The summed E-state index contributed by atoms with van der Waals surface area (Å²) in [6.45, 7) is 1.56. The molecule has 0 N–H and O–H groups in total. The van der Waals surface area contributed by atoms with Crippen LogP contribution in [0.2, 0.25) is 0 Å². The van der Waals surface area contributed by atoms with Crippen LogP contribution >= 0.6 is 0 Å². The van der Waals surface area contributed by atoms with E-state index in [4.69, 9.17) is 4.74 Å². The Balaban J connectivity index is 1.78. The summed E-state index contributed by atoms with van der Waals surface area (Å²) < 4.78 is 18.6. The van der Waals surface area contributed by atoms with Crippen LogP contribution in [0, 0.1) is 22.9 Å². The highest BCUT2D eigenvalue weighted by Gasteiger charge is 2.12. The molecule has 6 heteroatoms. The normalized spacial score (nSPS) is 10.4. The molecule has 1 heterocycles. The lowest BCUT2D eigenvalue weighted by Crippen LogP contribution is -1.96. The second-order valence-electron chi connectivity index (χ2n) is 5.14. The number of benzene rings is 2. The second kappa shape index (κ2) is 6.45. The van der Waals surface area contributed by atoms with E-state index in [1.54, 1.807) is 31.2 Å². The summed E-state index contributed by atoms with van der Waals surface area (Å²) in [5, 5.41) is 10.8. The third-order valence-electron chi connectivity index (χ3n) is 3.48. The molecule has 2 aromatic carbocycles. The van der Waals surface area contributed by atoms with E-state index in [0.29, 0.717) is 11.4 Å². The Morgan fingerprint density at radius 2 is 1.54 bits per heavy atom. The van der Waals surface area contributed by atoms with Gasteiger partial charge in [-0.1, -0.05) is 24.3 Å². The lowest BCUT2D eigenvalue weighted by molar-refractivity contribution is -0.385. The van der Waals surface area contributed by atoms with Crippen LogP contribution in [0.1, 0.15) is 5.69 Å². The highest BCUT2D eigenvalue weighted by atomic mass is 19.1. The molecule has 3 rings (SSSR count). The topological polar surface area (TPSA) is 65.3 Å². The van der Waals surface area contributed by atoms with Crippen LogP contribution in [0.3, 0.4) is 0 Å². The standard InChI is InChI=1S/C18H13FN2O3/c1-12-17(21(22)23)10-11-18(20-12)24-16-8-4-14(5-9-16)13-2-6-15(19)7-3-13/h2-11H,1H3. The molecule has 0 fully saturated rings. The molecule has 0 aliphatic carbocycles. The lowest BCUT2D eigenvalue weighted by Gasteiger charge is -2.07. The molecule has 0 aliphatic rings. The molecule has 1 aromatic heterocycles. The highest BCUT2D eigenvalue weighted by Crippen LogP contribution is 2.27. The van der Waals surface area contributed by atoms with Crippen LogP contribution < -0.4 is 4.74 Å². The zero-order valence-electron chi connectivity index (χ0n) is 12.8. The minimum Gasteiger partial charge on any atom is -0.439 e. The molecular formula is C18H13FN2O3. The molecule has 120 valence electrons. The van der Waals surface area contributed by atoms with Crippen LogP contribution in [0.15, 0.2) is 60.7 Å². The first kappa shape index (κ1) is 15.6. The van der Waals surface area contributed by atoms with E-state index in [-0.39, 0.29) is 17.4 Å². The molecule has 0 saturated heterocycles. The molecule has 5 nitrogen and oxygen atoms in total. The van der Waals surface area contributed by atoms with E-state index in [2.05, 4.69) is 4.98 Å². The number of hydrogen-bond donors (Lipinski definition) is 0. The number of aromatic nitrogens is 1. The van der Waals surface area contributed by atoms with Crippen molar-refractivity contribution in [3.8, 4) is 22.8 Å². The summed E-state index contributed by atoms with van der Waals surface area (Å²) in [7, 11) is 0. The van der Waals surface area contributed by atoms with Crippen molar-refractivity contribution in [2.45, 2.75) is 6.92 Å². The van der Waals surface area contributed by atoms with Gasteiger partial charge in [-0.2, -0.15) is 0 Å². The summed E-state index contributed by atoms with van der Waals surface area (Å²) in [4.78, 5) is 14.4. The zero-order chi connectivity index (χ0) is 17.1. The van der Waals surface area contributed by atoms with E-state index >= 15 is 0 Å². The van der Waals surface area contributed by atoms with Gasteiger partial charge in [0.25, 0.3) is 5.69 Å². The number of halogens is 1. The van der Waals surface area contributed by atoms with Gasteiger partial charge in [-0.25, -0.2) is 9.37 Å². The number of aryl methyl sites for hydroxylation is 1. The van der Waals surface area contributed by atoms with E-state index in [9.17, 15) is 14.5 Å². The van der Waals surface area contributed by atoms with Gasteiger partial charge in [0.15, 0.2) is 0 Å². The molecule has 0 spiro atoms. The third-order valence-corrected chi connectivity index (χ3v) is 3.48. The van der Waals surface area contributed by atoms with Gasteiger partial charge in [0, 0.05) is 12.1 Å². The summed E-state index contributed by atoms with van der Waals surface area (Å²) in [6.07, 6.45) is 0. The molecule has 24 heavy (non-hydrogen) atoms. The minimum absolute atomic E-state index is 0.0472. The molecule has 0 bridgehead atoms. The van der Waals surface area contributed by atoms with Gasteiger partial charge in [0.05, 0.1) is 4.92 Å². The Morgan fingerprint density at radius 1 is 0.958 bits per heavy atom. The number of nitrogens with zero attached hydrogens (tertiary/aromatic N) is 2. The van der Waals surface area contributed by atoms with Crippen molar-refractivity contribution in [2.24, 2.45) is 0 Å². The van der Waals surface area contributed by atoms with Crippen molar-refractivity contribution in [1.82, 2.24) is 4.98 Å². The maximum Gasteiger partial charge on any atom is 0.290 e. The van der Waals surface area contributed by atoms with E-state index in [1.165, 1.54) is 24.3 Å². The van der Waals surface area contributed by atoms with E-state index in [1.807, 2.05) is 12.1 Å². The minimum atomic E-state index is -0.483. The number of hydrogen-bond acceptors (Lipinski definition) is 4. The van der Waals surface area contributed by atoms with Crippen molar-refractivity contribution in [1.29, 1.82) is 0 Å². The van der Waals surface area contributed by atoms with E-state index in [0.717, 1.165) is 11.1 Å². The summed E-state index contributed by atoms with van der Waals surface area (Å²) in [5.74, 6) is 0.563. The lowest BCUT2D eigenvalue weighted by atomic mass is 10.1. The average molecular weight is 324 g/mol. The Hall–Kier alpha value is -3.28. The Kier molecular flexibility index (Phi) is 4.20. The fourth-order valence-corrected chi connectivity index (χ4v) is 2.26. The summed E-state index contributed by atoms with van der Waals surface area (Å²) in [5.41, 5.74) is 2.07. The summed E-state index contributed by atoms with van der Waals surface area (Å²) in [6, 6.07) is 16.3. The number of ether oxygens (including phenoxy) is 1. The van der Waals surface area contributed by atoms with Crippen LogP contribution in [0.5, 0.6) is 11.6 Å². The predicted octanol–water partition coefficient (Wildman–Crippen LogP) is 4.90. The molecule has 0 saturated carbocycles. The van der Waals surface area contributed by atoms with Crippen LogP contribution in [0.25, 0.3) is 11.1 Å². The van der Waals surface area contributed by atoms with Crippen LogP contribution in [-0.2, 0) is 0 Å². The molecule has 0 amide bonds.